The summed E-state index contributed by atoms with van der Waals surface area (Å²) in [4.78, 5) is 14.6. The fourth-order valence-corrected chi connectivity index (χ4v) is 4.11. The summed E-state index contributed by atoms with van der Waals surface area (Å²) in [6.45, 7) is 1.61. The van der Waals surface area contributed by atoms with Gasteiger partial charge in [-0.15, -0.1) is 0 Å². The lowest BCUT2D eigenvalue weighted by Gasteiger charge is -2.25. The van der Waals surface area contributed by atoms with E-state index >= 15 is 0 Å². The summed E-state index contributed by atoms with van der Waals surface area (Å²) in [6, 6.07) is 12.6. The average molecular weight is 394 g/mol. The summed E-state index contributed by atoms with van der Waals surface area (Å²) in [5.41, 5.74) is 0.574. The second-order valence-corrected chi connectivity index (χ2v) is 8.29. The first kappa shape index (κ1) is 18.7. The highest BCUT2D eigenvalue weighted by Gasteiger charge is 2.26. The van der Waals surface area contributed by atoms with Gasteiger partial charge in [-0.25, -0.2) is 8.42 Å². The monoisotopic (exact) mass is 393 g/mol. The van der Waals surface area contributed by atoms with Gasteiger partial charge < -0.3 is 10.2 Å². The molecule has 2 aromatic carbocycles. The highest BCUT2D eigenvalue weighted by atomic mass is 35.5. The van der Waals surface area contributed by atoms with E-state index in [1.54, 1.807) is 36.2 Å². The third-order valence-electron chi connectivity index (χ3n) is 4.43. The number of sulfonamides is 1. The number of benzene rings is 2. The number of amides is 1. The van der Waals surface area contributed by atoms with Crippen molar-refractivity contribution in [2.45, 2.75) is 17.4 Å². The largest absolute Gasteiger partial charge is 0.337 e. The second-order valence-electron chi connectivity index (χ2n) is 6.17. The van der Waals surface area contributed by atoms with Crippen LogP contribution >= 0.6 is 11.6 Å². The molecule has 0 spiro atoms. The molecule has 1 heterocycles. The van der Waals surface area contributed by atoms with E-state index in [1.807, 2.05) is 0 Å². The Morgan fingerprint density at radius 2 is 1.88 bits per heavy atom. The molecule has 8 heteroatoms. The van der Waals surface area contributed by atoms with Crippen molar-refractivity contribution >= 4 is 33.2 Å². The molecule has 0 radical (unpaired) electrons. The van der Waals surface area contributed by atoms with Crippen molar-refractivity contribution < 1.29 is 13.2 Å². The fraction of sp³-hybridized carbons (Fsp3) is 0.278. The Balaban J connectivity index is 1.87. The third kappa shape index (κ3) is 4.00. The topological polar surface area (TPSA) is 78.5 Å². The molecule has 2 aromatic rings. The maximum absolute atomic E-state index is 12.9. The maximum Gasteiger partial charge on any atom is 0.261 e. The van der Waals surface area contributed by atoms with Gasteiger partial charge in [0.15, 0.2) is 0 Å². The fourth-order valence-electron chi connectivity index (χ4n) is 2.90. The number of carbonyl (C=O) groups is 1. The van der Waals surface area contributed by atoms with Crippen molar-refractivity contribution in [3.05, 3.63) is 59.1 Å². The summed E-state index contributed by atoms with van der Waals surface area (Å²) in [5, 5.41) is 3.67. The van der Waals surface area contributed by atoms with Gasteiger partial charge in [0.2, 0.25) is 0 Å². The predicted octanol–water partition coefficient (Wildman–Crippen LogP) is 2.57. The lowest BCUT2D eigenvalue weighted by molar-refractivity contribution is 0.0745. The summed E-state index contributed by atoms with van der Waals surface area (Å²) in [6.07, 6.45) is 0.876. The molecule has 3 rings (SSSR count). The van der Waals surface area contributed by atoms with Crippen LogP contribution in [-0.4, -0.2) is 45.4 Å². The van der Waals surface area contributed by atoms with Gasteiger partial charge in [-0.2, -0.15) is 0 Å². The van der Waals surface area contributed by atoms with E-state index < -0.39 is 10.0 Å². The van der Waals surface area contributed by atoms with E-state index in [-0.39, 0.29) is 22.5 Å². The second kappa shape index (κ2) is 7.65. The molecule has 0 aliphatic carbocycles. The van der Waals surface area contributed by atoms with Crippen molar-refractivity contribution in [3.63, 3.8) is 0 Å². The molecule has 6 nitrogen and oxygen atoms in total. The predicted molar refractivity (Wildman–Crippen MR) is 102 cm³/mol. The highest BCUT2D eigenvalue weighted by molar-refractivity contribution is 7.92. The summed E-state index contributed by atoms with van der Waals surface area (Å²) in [7, 11) is -2.08. The van der Waals surface area contributed by atoms with E-state index in [2.05, 4.69) is 10.0 Å². The standard InChI is InChI=1S/C18H20ClN3O3S/c1-22(14-10-11-20-12-14)18(23)16-4-2-3-5-17(16)21-26(24,25)15-8-6-13(19)7-9-15/h2-9,14,20-21H,10-12H2,1H3. The molecule has 0 aromatic heterocycles. The number of nitrogens with zero attached hydrogens (tertiary/aromatic N) is 1. The van der Waals surface area contributed by atoms with Crippen LogP contribution in [-0.2, 0) is 10.0 Å². The minimum atomic E-state index is -3.82. The Morgan fingerprint density at radius 3 is 2.54 bits per heavy atom. The summed E-state index contributed by atoms with van der Waals surface area (Å²) < 4.78 is 27.8. The number of carbonyl (C=O) groups excluding carboxylic acids is 1. The first-order chi connectivity index (χ1) is 12.4. The zero-order chi connectivity index (χ0) is 18.7. The lowest BCUT2D eigenvalue weighted by Crippen LogP contribution is -2.38. The number of rotatable bonds is 5. The number of anilines is 1. The van der Waals surface area contributed by atoms with E-state index in [0.717, 1.165) is 19.5 Å². The van der Waals surface area contributed by atoms with Crippen molar-refractivity contribution in [2.24, 2.45) is 0 Å². The van der Waals surface area contributed by atoms with Crippen molar-refractivity contribution in [1.29, 1.82) is 0 Å². The van der Waals surface area contributed by atoms with Crippen molar-refractivity contribution in [1.82, 2.24) is 10.2 Å². The van der Waals surface area contributed by atoms with Crippen LogP contribution < -0.4 is 10.0 Å². The van der Waals surface area contributed by atoms with Crippen molar-refractivity contribution in [3.8, 4) is 0 Å². The minimum Gasteiger partial charge on any atom is -0.337 e. The van der Waals surface area contributed by atoms with Crippen LogP contribution in [0.15, 0.2) is 53.4 Å². The Hall–Kier alpha value is -2.09. The molecule has 1 unspecified atom stereocenters. The molecular weight excluding hydrogens is 374 g/mol. The van der Waals surface area contributed by atoms with Crippen LogP contribution in [0.4, 0.5) is 5.69 Å². The molecule has 1 fully saturated rings. The molecule has 0 bridgehead atoms. The van der Waals surface area contributed by atoms with Crippen molar-refractivity contribution in [2.75, 3.05) is 24.9 Å². The van der Waals surface area contributed by atoms with Crippen LogP contribution in [0.5, 0.6) is 0 Å². The van der Waals surface area contributed by atoms with Gasteiger partial charge in [-0.05, 0) is 49.4 Å². The van der Waals surface area contributed by atoms with E-state index in [4.69, 9.17) is 11.6 Å². The first-order valence-corrected chi connectivity index (χ1v) is 10.1. The van der Waals surface area contributed by atoms with Crippen LogP contribution in [0, 0.1) is 0 Å². The molecule has 1 atom stereocenters. The molecule has 0 saturated carbocycles. The zero-order valence-electron chi connectivity index (χ0n) is 14.3. The smallest absolute Gasteiger partial charge is 0.261 e. The van der Waals surface area contributed by atoms with Crippen LogP contribution in [0.2, 0.25) is 5.02 Å². The van der Waals surface area contributed by atoms with Gasteiger partial charge in [-0.3, -0.25) is 9.52 Å². The number of likely N-dealkylation sites (N-methyl/N-ethyl adjacent to an activating group) is 1. The van der Waals surface area contributed by atoms with Gasteiger partial charge in [0.25, 0.3) is 15.9 Å². The lowest BCUT2D eigenvalue weighted by atomic mass is 10.1. The molecule has 1 aliphatic heterocycles. The molecule has 1 saturated heterocycles. The van der Waals surface area contributed by atoms with Gasteiger partial charge in [0, 0.05) is 24.7 Å². The van der Waals surface area contributed by atoms with Gasteiger partial charge in [-0.1, -0.05) is 23.7 Å². The first-order valence-electron chi connectivity index (χ1n) is 8.24. The van der Waals surface area contributed by atoms with Crippen LogP contribution in [0.25, 0.3) is 0 Å². The molecular formula is C18H20ClN3O3S. The maximum atomic E-state index is 12.9. The minimum absolute atomic E-state index is 0.0810. The quantitative estimate of drug-likeness (QED) is 0.818. The van der Waals surface area contributed by atoms with Crippen LogP contribution in [0.3, 0.4) is 0 Å². The SMILES string of the molecule is CN(C(=O)c1ccccc1NS(=O)(=O)c1ccc(Cl)cc1)C1CCNC1. The molecule has 26 heavy (non-hydrogen) atoms. The Bertz CT molecular complexity index is 894. The normalized spacial score (nSPS) is 17.1. The molecule has 1 amide bonds. The number of hydrogen-bond acceptors (Lipinski definition) is 4. The Labute approximate surface area is 158 Å². The average Bonchev–Trinajstić information content (AvgIpc) is 3.15. The third-order valence-corrected chi connectivity index (χ3v) is 6.06. The molecule has 138 valence electrons. The number of para-hydroxylation sites is 1. The Kier molecular flexibility index (Phi) is 5.50. The van der Waals surface area contributed by atoms with Gasteiger partial charge >= 0.3 is 0 Å². The van der Waals surface area contributed by atoms with Gasteiger partial charge in [0.05, 0.1) is 16.1 Å². The highest BCUT2D eigenvalue weighted by Crippen LogP contribution is 2.23. The van der Waals surface area contributed by atoms with E-state index in [1.165, 1.54) is 24.3 Å². The van der Waals surface area contributed by atoms with E-state index in [9.17, 15) is 13.2 Å². The Morgan fingerprint density at radius 1 is 1.19 bits per heavy atom. The van der Waals surface area contributed by atoms with Crippen LogP contribution in [0.1, 0.15) is 16.8 Å². The molecule has 2 N–H and O–H groups in total. The van der Waals surface area contributed by atoms with E-state index in [0.29, 0.717) is 10.6 Å². The molecule has 1 aliphatic rings. The number of hydrogen-bond donors (Lipinski definition) is 2. The van der Waals surface area contributed by atoms with Gasteiger partial charge in [0.1, 0.15) is 0 Å². The zero-order valence-corrected chi connectivity index (χ0v) is 15.8. The summed E-state index contributed by atoms with van der Waals surface area (Å²) >= 11 is 5.82. The number of nitrogens with one attached hydrogen (secondary N) is 2. The number of halogens is 1. The summed E-state index contributed by atoms with van der Waals surface area (Å²) in [5.74, 6) is -0.215.